The highest BCUT2D eigenvalue weighted by molar-refractivity contribution is 6.06. The Balaban J connectivity index is 1.83. The number of nitrogens with one attached hydrogen (secondary N) is 1. The van der Waals surface area contributed by atoms with E-state index in [1.165, 1.54) is 20.1 Å². The van der Waals surface area contributed by atoms with Gasteiger partial charge in [-0.2, -0.15) is 13.2 Å². The first kappa shape index (κ1) is 22.5. The normalized spacial score (nSPS) is 15.0. The molecule has 7 nitrogen and oxygen atoms in total. The molecule has 31 heavy (non-hydrogen) atoms. The second-order valence-electron chi connectivity index (χ2n) is 7.29. The molecule has 0 aliphatic carbocycles. The fourth-order valence-corrected chi connectivity index (χ4v) is 3.28. The van der Waals surface area contributed by atoms with E-state index >= 15 is 0 Å². The van der Waals surface area contributed by atoms with E-state index in [1.54, 1.807) is 17.0 Å². The number of halogens is 3. The molecule has 0 bridgehead atoms. The van der Waals surface area contributed by atoms with Crippen molar-refractivity contribution in [3.63, 3.8) is 0 Å². The van der Waals surface area contributed by atoms with Gasteiger partial charge in [-0.25, -0.2) is 4.98 Å². The van der Waals surface area contributed by atoms with Gasteiger partial charge >= 0.3 is 6.18 Å². The van der Waals surface area contributed by atoms with E-state index in [0.717, 1.165) is 25.2 Å². The fourth-order valence-electron chi connectivity index (χ4n) is 3.28. The monoisotopic (exact) mass is 436 g/mol. The van der Waals surface area contributed by atoms with Crippen LogP contribution in [0.2, 0.25) is 0 Å². The second kappa shape index (κ2) is 8.93. The number of aryl methyl sites for hydroxylation is 1. The molecule has 0 radical (unpaired) electrons. The van der Waals surface area contributed by atoms with Crippen molar-refractivity contribution in [2.45, 2.75) is 13.1 Å². The largest absolute Gasteiger partial charge is 0.495 e. The maximum absolute atomic E-state index is 12.8. The summed E-state index contributed by atoms with van der Waals surface area (Å²) in [5.74, 6) is -0.499. The van der Waals surface area contributed by atoms with Gasteiger partial charge in [-0.1, -0.05) is 0 Å². The number of anilines is 1. The van der Waals surface area contributed by atoms with Crippen molar-refractivity contribution >= 4 is 17.5 Å². The van der Waals surface area contributed by atoms with Crippen molar-refractivity contribution in [3.8, 4) is 5.75 Å². The Kier molecular flexibility index (Phi) is 6.49. The van der Waals surface area contributed by atoms with Crippen molar-refractivity contribution in [2.75, 3.05) is 45.7 Å². The number of hydrogen-bond acceptors (Lipinski definition) is 5. The van der Waals surface area contributed by atoms with Gasteiger partial charge in [0.15, 0.2) is 0 Å². The Morgan fingerprint density at radius 1 is 1.10 bits per heavy atom. The number of nitrogens with zero attached hydrogens (tertiary/aromatic N) is 3. The van der Waals surface area contributed by atoms with Crippen LogP contribution in [0.1, 0.15) is 32.1 Å². The minimum absolute atomic E-state index is 0.00847. The van der Waals surface area contributed by atoms with Crippen LogP contribution >= 0.6 is 0 Å². The highest BCUT2D eigenvalue weighted by atomic mass is 19.4. The Bertz CT molecular complexity index is 986. The van der Waals surface area contributed by atoms with Gasteiger partial charge in [0.1, 0.15) is 11.4 Å². The molecule has 0 saturated carbocycles. The summed E-state index contributed by atoms with van der Waals surface area (Å²) in [4.78, 5) is 32.9. The number of piperazine rings is 1. The molecule has 1 N–H and O–H groups in total. The second-order valence-corrected chi connectivity index (χ2v) is 7.29. The summed E-state index contributed by atoms with van der Waals surface area (Å²) >= 11 is 0. The zero-order chi connectivity index (χ0) is 22.8. The van der Waals surface area contributed by atoms with E-state index < -0.39 is 17.8 Å². The SMILES string of the molecule is COc1ccc(C(=O)N2CCN(C)CC2)cc1NC(=O)c1ccc(C(F)(F)F)nc1C. The van der Waals surface area contributed by atoms with Crippen LogP contribution in [0.15, 0.2) is 30.3 Å². The number of methoxy groups -OCH3 is 1. The molecule has 2 amide bonds. The Labute approximate surface area is 177 Å². The van der Waals surface area contributed by atoms with E-state index in [-0.39, 0.29) is 22.9 Å². The lowest BCUT2D eigenvalue weighted by molar-refractivity contribution is -0.141. The summed E-state index contributed by atoms with van der Waals surface area (Å²) in [6, 6.07) is 6.51. The molecule has 3 rings (SSSR count). The van der Waals surface area contributed by atoms with Crippen LogP contribution in [0.25, 0.3) is 0 Å². The van der Waals surface area contributed by atoms with Gasteiger partial charge < -0.3 is 19.9 Å². The molecule has 0 unspecified atom stereocenters. The number of rotatable bonds is 4. The van der Waals surface area contributed by atoms with Gasteiger partial charge in [-0.05, 0) is 44.3 Å². The number of ether oxygens (including phenoxy) is 1. The van der Waals surface area contributed by atoms with Crippen LogP contribution in [0, 0.1) is 6.92 Å². The maximum atomic E-state index is 12.8. The number of likely N-dealkylation sites (N-methyl/N-ethyl adjacent to an activating group) is 1. The summed E-state index contributed by atoms with van der Waals surface area (Å²) in [5, 5.41) is 2.62. The van der Waals surface area contributed by atoms with Crippen LogP contribution in [-0.2, 0) is 6.18 Å². The Morgan fingerprint density at radius 3 is 2.35 bits per heavy atom. The number of hydrogen-bond donors (Lipinski definition) is 1. The predicted molar refractivity (Wildman–Crippen MR) is 108 cm³/mol. The summed E-state index contributed by atoms with van der Waals surface area (Å²) in [6.07, 6.45) is -4.60. The lowest BCUT2D eigenvalue weighted by atomic mass is 10.1. The van der Waals surface area contributed by atoms with Crippen LogP contribution in [-0.4, -0.2) is 66.9 Å². The van der Waals surface area contributed by atoms with Gasteiger partial charge in [-0.3, -0.25) is 9.59 Å². The minimum Gasteiger partial charge on any atom is -0.495 e. The zero-order valence-corrected chi connectivity index (χ0v) is 17.4. The number of amides is 2. The molecule has 1 aromatic carbocycles. The highest BCUT2D eigenvalue weighted by Crippen LogP contribution is 2.30. The first-order chi connectivity index (χ1) is 14.6. The lowest BCUT2D eigenvalue weighted by Gasteiger charge is -2.32. The highest BCUT2D eigenvalue weighted by Gasteiger charge is 2.33. The predicted octanol–water partition coefficient (Wildman–Crippen LogP) is 3.06. The van der Waals surface area contributed by atoms with Crippen molar-refractivity contribution in [1.82, 2.24) is 14.8 Å². The number of carbonyl (C=O) groups excluding carboxylic acids is 2. The van der Waals surface area contributed by atoms with Crippen molar-refractivity contribution in [1.29, 1.82) is 0 Å². The van der Waals surface area contributed by atoms with Gasteiger partial charge in [0.2, 0.25) is 0 Å². The summed E-state index contributed by atoms with van der Waals surface area (Å²) in [5.41, 5.74) is -0.518. The number of alkyl halides is 3. The lowest BCUT2D eigenvalue weighted by Crippen LogP contribution is -2.47. The number of carbonyl (C=O) groups is 2. The molecule has 0 spiro atoms. The third-order valence-corrected chi connectivity index (χ3v) is 5.11. The van der Waals surface area contributed by atoms with E-state index in [2.05, 4.69) is 15.2 Å². The van der Waals surface area contributed by atoms with Crippen molar-refractivity contribution in [2.24, 2.45) is 0 Å². The van der Waals surface area contributed by atoms with E-state index in [9.17, 15) is 22.8 Å². The molecule has 1 aliphatic heterocycles. The van der Waals surface area contributed by atoms with E-state index in [0.29, 0.717) is 24.4 Å². The summed E-state index contributed by atoms with van der Waals surface area (Å²) in [6.45, 7) is 4.06. The molecule has 2 aromatic rings. The smallest absolute Gasteiger partial charge is 0.433 e. The van der Waals surface area contributed by atoms with E-state index in [1.807, 2.05) is 7.05 Å². The molecule has 10 heteroatoms. The summed E-state index contributed by atoms with van der Waals surface area (Å²) in [7, 11) is 3.40. The quantitative estimate of drug-likeness (QED) is 0.798. The first-order valence-electron chi connectivity index (χ1n) is 9.62. The molecule has 0 atom stereocenters. The van der Waals surface area contributed by atoms with Gasteiger partial charge in [0, 0.05) is 31.7 Å². The van der Waals surface area contributed by atoms with Gasteiger partial charge in [-0.15, -0.1) is 0 Å². The molecule has 1 aromatic heterocycles. The molecule has 1 aliphatic rings. The molecule has 2 heterocycles. The third kappa shape index (κ3) is 5.13. The van der Waals surface area contributed by atoms with Crippen LogP contribution in [0.5, 0.6) is 5.75 Å². The van der Waals surface area contributed by atoms with Gasteiger partial charge in [0.25, 0.3) is 11.8 Å². The van der Waals surface area contributed by atoms with Crippen molar-refractivity contribution < 1.29 is 27.5 Å². The van der Waals surface area contributed by atoms with Crippen LogP contribution < -0.4 is 10.1 Å². The Morgan fingerprint density at radius 2 is 1.77 bits per heavy atom. The fraction of sp³-hybridized carbons (Fsp3) is 0.381. The number of pyridine rings is 1. The molecule has 166 valence electrons. The summed E-state index contributed by atoms with van der Waals surface area (Å²) < 4.78 is 43.7. The topological polar surface area (TPSA) is 74.8 Å². The number of aromatic nitrogens is 1. The maximum Gasteiger partial charge on any atom is 0.433 e. The molecule has 1 fully saturated rings. The average molecular weight is 436 g/mol. The molecular formula is C21H23F3N4O3. The van der Waals surface area contributed by atoms with Crippen LogP contribution in [0.3, 0.4) is 0 Å². The molecule has 1 saturated heterocycles. The Hall–Kier alpha value is -3.14. The minimum atomic E-state index is -4.60. The standard InChI is InChI=1S/C21H23F3N4O3/c1-13-15(5-7-18(25-13)21(22,23)24)19(29)26-16-12-14(4-6-17(16)31-3)20(30)28-10-8-27(2)9-11-28/h4-7,12H,8-11H2,1-3H3,(H,26,29). The first-order valence-corrected chi connectivity index (χ1v) is 9.62. The van der Waals surface area contributed by atoms with Crippen LogP contribution in [0.4, 0.5) is 18.9 Å². The van der Waals surface area contributed by atoms with Gasteiger partial charge in [0.05, 0.1) is 24.1 Å². The number of benzene rings is 1. The van der Waals surface area contributed by atoms with Crippen molar-refractivity contribution in [3.05, 3.63) is 52.8 Å². The third-order valence-electron chi connectivity index (χ3n) is 5.11. The average Bonchev–Trinajstić information content (AvgIpc) is 2.73. The zero-order valence-electron chi connectivity index (χ0n) is 17.4. The van der Waals surface area contributed by atoms with E-state index in [4.69, 9.17) is 4.74 Å². The molecular weight excluding hydrogens is 413 g/mol.